The van der Waals surface area contributed by atoms with Gasteiger partial charge in [-0.1, -0.05) is 44.8 Å². The Morgan fingerprint density at radius 3 is 2.60 bits per heavy atom. The summed E-state index contributed by atoms with van der Waals surface area (Å²) in [6, 6.07) is 5.34. The molecule has 0 heterocycles. The Balaban J connectivity index is 2.18. The van der Waals surface area contributed by atoms with Gasteiger partial charge in [0.05, 0.1) is 0 Å². The zero-order valence-corrected chi connectivity index (χ0v) is 11.7. The first kappa shape index (κ1) is 11.6. The largest absolute Gasteiger partial charge is 0.207 e. The molecule has 0 saturated heterocycles. The van der Waals surface area contributed by atoms with E-state index in [1.807, 2.05) is 12.1 Å². The Morgan fingerprint density at radius 1 is 1.47 bits per heavy atom. The van der Waals surface area contributed by atoms with E-state index in [9.17, 15) is 4.39 Å². The highest BCUT2D eigenvalue weighted by molar-refractivity contribution is 9.10. The summed E-state index contributed by atoms with van der Waals surface area (Å²) in [4.78, 5) is 0.466. The van der Waals surface area contributed by atoms with Gasteiger partial charge in [-0.05, 0) is 42.4 Å². The van der Waals surface area contributed by atoms with Crippen LogP contribution in [-0.4, -0.2) is 4.83 Å². The van der Waals surface area contributed by atoms with Gasteiger partial charge in [0.25, 0.3) is 0 Å². The van der Waals surface area contributed by atoms with Crippen molar-refractivity contribution in [1.82, 2.24) is 0 Å². The molecule has 3 heteroatoms. The number of hydrogen-bond acceptors (Lipinski definition) is 0. The van der Waals surface area contributed by atoms with Crippen molar-refractivity contribution in [1.29, 1.82) is 0 Å². The van der Waals surface area contributed by atoms with Crippen molar-refractivity contribution in [3.05, 3.63) is 34.1 Å². The first-order chi connectivity index (χ1) is 7.03. The molecule has 0 amide bonds. The first-order valence-electron chi connectivity index (χ1n) is 5.11. The summed E-state index contributed by atoms with van der Waals surface area (Å²) in [7, 11) is 0. The molecular weight excluding hydrogens is 323 g/mol. The van der Waals surface area contributed by atoms with Gasteiger partial charge in [0.15, 0.2) is 0 Å². The lowest BCUT2D eigenvalue weighted by Gasteiger charge is -2.18. The smallest absolute Gasteiger partial charge is 0.127 e. The van der Waals surface area contributed by atoms with Gasteiger partial charge >= 0.3 is 0 Å². The summed E-state index contributed by atoms with van der Waals surface area (Å²) >= 11 is 6.89. The fourth-order valence-corrected chi connectivity index (χ4v) is 2.87. The quantitative estimate of drug-likeness (QED) is 0.703. The first-order valence-corrected chi connectivity index (χ1v) is 6.82. The van der Waals surface area contributed by atoms with E-state index in [0.717, 1.165) is 16.5 Å². The molecule has 1 aromatic rings. The molecule has 1 atom stereocenters. The van der Waals surface area contributed by atoms with Gasteiger partial charge in [0, 0.05) is 9.30 Å². The highest BCUT2D eigenvalue weighted by Gasteiger charge is 2.46. The predicted molar refractivity (Wildman–Crippen MR) is 67.9 cm³/mol. The SMILES string of the molecule is CC(Br)C1(Cc2ccc(Br)cc2F)CC1. The lowest BCUT2D eigenvalue weighted by molar-refractivity contribution is 0.490. The van der Waals surface area contributed by atoms with Crippen molar-refractivity contribution in [2.45, 2.75) is 31.0 Å². The van der Waals surface area contributed by atoms with Gasteiger partial charge in [0.1, 0.15) is 5.82 Å². The highest BCUT2D eigenvalue weighted by atomic mass is 79.9. The van der Waals surface area contributed by atoms with Crippen molar-refractivity contribution in [3.8, 4) is 0 Å². The van der Waals surface area contributed by atoms with Gasteiger partial charge in [-0.3, -0.25) is 0 Å². The molecule has 1 aromatic carbocycles. The van der Waals surface area contributed by atoms with Crippen LogP contribution in [0.2, 0.25) is 0 Å². The summed E-state index contributed by atoms with van der Waals surface area (Å²) in [5, 5.41) is 0. The normalized spacial score (nSPS) is 20.0. The zero-order valence-electron chi connectivity index (χ0n) is 8.56. The Labute approximate surface area is 107 Å². The maximum Gasteiger partial charge on any atom is 0.127 e. The van der Waals surface area contributed by atoms with E-state index in [1.165, 1.54) is 12.8 Å². The monoisotopic (exact) mass is 334 g/mol. The zero-order chi connectivity index (χ0) is 11.1. The van der Waals surface area contributed by atoms with Crippen LogP contribution in [0.3, 0.4) is 0 Å². The van der Waals surface area contributed by atoms with E-state index in [0.29, 0.717) is 10.2 Å². The van der Waals surface area contributed by atoms with Crippen LogP contribution in [0.25, 0.3) is 0 Å². The molecule has 0 N–H and O–H groups in total. The second kappa shape index (κ2) is 4.17. The molecule has 0 bridgehead atoms. The second-order valence-corrected chi connectivity index (χ2v) is 6.68. The standard InChI is InChI=1S/C12H13Br2F/c1-8(13)12(4-5-12)7-9-2-3-10(14)6-11(9)15/h2-3,6,8H,4-5,7H2,1H3. The number of rotatable bonds is 3. The summed E-state index contributed by atoms with van der Waals surface area (Å²) in [6.45, 7) is 2.16. The predicted octanol–water partition coefficient (Wildman–Crippen LogP) is 4.69. The van der Waals surface area contributed by atoms with Gasteiger partial charge in [-0.2, -0.15) is 0 Å². The van der Waals surface area contributed by atoms with Crippen molar-refractivity contribution >= 4 is 31.9 Å². The molecule has 0 radical (unpaired) electrons. The van der Waals surface area contributed by atoms with Crippen LogP contribution in [-0.2, 0) is 6.42 Å². The lowest BCUT2D eigenvalue weighted by atomic mass is 9.93. The number of halogens is 3. The topological polar surface area (TPSA) is 0 Å². The van der Waals surface area contributed by atoms with Crippen molar-refractivity contribution < 1.29 is 4.39 Å². The second-order valence-electron chi connectivity index (χ2n) is 4.39. The van der Waals surface area contributed by atoms with Gasteiger partial charge < -0.3 is 0 Å². The van der Waals surface area contributed by atoms with E-state index in [-0.39, 0.29) is 5.82 Å². The van der Waals surface area contributed by atoms with E-state index < -0.39 is 0 Å². The van der Waals surface area contributed by atoms with Gasteiger partial charge in [-0.15, -0.1) is 0 Å². The van der Waals surface area contributed by atoms with Crippen LogP contribution < -0.4 is 0 Å². The molecular formula is C12H13Br2F. The summed E-state index contributed by atoms with van der Waals surface area (Å²) in [6.07, 6.45) is 3.25. The molecule has 2 rings (SSSR count). The fraction of sp³-hybridized carbons (Fsp3) is 0.500. The molecule has 0 aliphatic heterocycles. The van der Waals surface area contributed by atoms with Crippen molar-refractivity contribution in [2.75, 3.05) is 0 Å². The average molecular weight is 336 g/mol. The van der Waals surface area contributed by atoms with Gasteiger partial charge in [-0.25, -0.2) is 4.39 Å². The third-order valence-electron chi connectivity index (χ3n) is 3.29. The molecule has 1 aliphatic rings. The third kappa shape index (κ3) is 2.44. The van der Waals surface area contributed by atoms with Crippen LogP contribution in [0, 0.1) is 11.2 Å². The molecule has 1 aliphatic carbocycles. The maximum absolute atomic E-state index is 13.6. The Kier molecular flexibility index (Phi) is 3.22. The number of hydrogen-bond donors (Lipinski definition) is 0. The molecule has 1 saturated carbocycles. The molecule has 1 fully saturated rings. The van der Waals surface area contributed by atoms with Crippen LogP contribution in [0.5, 0.6) is 0 Å². The van der Waals surface area contributed by atoms with Crippen LogP contribution in [0.1, 0.15) is 25.3 Å². The Bertz CT molecular complexity index is 370. The summed E-state index contributed by atoms with van der Waals surface area (Å²) in [5.41, 5.74) is 1.14. The van der Waals surface area contributed by atoms with E-state index in [1.54, 1.807) is 6.07 Å². The van der Waals surface area contributed by atoms with Crippen LogP contribution in [0.15, 0.2) is 22.7 Å². The van der Waals surface area contributed by atoms with Crippen LogP contribution in [0.4, 0.5) is 4.39 Å². The molecule has 0 aromatic heterocycles. The highest BCUT2D eigenvalue weighted by Crippen LogP contribution is 2.54. The summed E-state index contributed by atoms with van der Waals surface area (Å²) in [5.74, 6) is -0.0937. The fourth-order valence-electron chi connectivity index (χ4n) is 1.92. The lowest BCUT2D eigenvalue weighted by Crippen LogP contribution is -2.16. The molecule has 0 nitrogen and oxygen atoms in total. The molecule has 15 heavy (non-hydrogen) atoms. The minimum absolute atomic E-state index is 0.0937. The minimum atomic E-state index is -0.0937. The molecule has 0 spiro atoms. The van der Waals surface area contributed by atoms with Crippen molar-refractivity contribution in [3.63, 3.8) is 0 Å². The third-order valence-corrected chi connectivity index (χ3v) is 4.76. The summed E-state index contributed by atoms with van der Waals surface area (Å²) < 4.78 is 14.4. The Morgan fingerprint density at radius 2 is 2.13 bits per heavy atom. The number of alkyl halides is 1. The van der Waals surface area contributed by atoms with Gasteiger partial charge in [0.2, 0.25) is 0 Å². The number of benzene rings is 1. The van der Waals surface area contributed by atoms with E-state index >= 15 is 0 Å². The van der Waals surface area contributed by atoms with Crippen molar-refractivity contribution in [2.24, 2.45) is 5.41 Å². The van der Waals surface area contributed by atoms with Crippen LogP contribution >= 0.6 is 31.9 Å². The maximum atomic E-state index is 13.6. The van der Waals surface area contributed by atoms with E-state index in [4.69, 9.17) is 0 Å². The Hall–Kier alpha value is 0.110. The van der Waals surface area contributed by atoms with E-state index in [2.05, 4.69) is 38.8 Å². The minimum Gasteiger partial charge on any atom is -0.207 e. The molecule has 1 unspecified atom stereocenters. The molecule has 82 valence electrons. The average Bonchev–Trinajstić information content (AvgIpc) is 2.91.